The molecule has 2 aromatic rings. The van der Waals surface area contributed by atoms with Crippen molar-refractivity contribution in [3.63, 3.8) is 0 Å². The molecule has 0 bridgehead atoms. The molecule has 112 valence electrons. The summed E-state index contributed by atoms with van der Waals surface area (Å²) in [6.45, 7) is 4.30. The van der Waals surface area contributed by atoms with Gasteiger partial charge in [0.25, 0.3) is 0 Å². The van der Waals surface area contributed by atoms with Gasteiger partial charge in [0.05, 0.1) is 6.04 Å². The van der Waals surface area contributed by atoms with Gasteiger partial charge in [-0.2, -0.15) is 0 Å². The molecular weight excluding hydrogens is 272 g/mol. The van der Waals surface area contributed by atoms with E-state index in [2.05, 4.69) is 13.8 Å². The Balaban J connectivity index is 2.00. The highest BCUT2D eigenvalue weighted by Crippen LogP contribution is 2.21. The minimum atomic E-state index is -0.913. The van der Waals surface area contributed by atoms with Gasteiger partial charge in [0.1, 0.15) is 12.4 Å². The van der Waals surface area contributed by atoms with Gasteiger partial charge in [-0.1, -0.05) is 38.1 Å². The maximum atomic E-state index is 13.6. The van der Waals surface area contributed by atoms with Crippen molar-refractivity contribution in [3.8, 4) is 5.75 Å². The van der Waals surface area contributed by atoms with E-state index in [4.69, 9.17) is 10.5 Å². The zero-order valence-electron chi connectivity index (χ0n) is 12.1. The van der Waals surface area contributed by atoms with Gasteiger partial charge in [-0.25, -0.2) is 8.78 Å². The lowest BCUT2D eigenvalue weighted by Gasteiger charge is -2.15. The van der Waals surface area contributed by atoms with Crippen LogP contribution >= 0.6 is 0 Å². The number of ether oxygens (including phenoxy) is 1. The minimum Gasteiger partial charge on any atom is -0.492 e. The van der Waals surface area contributed by atoms with E-state index in [1.807, 2.05) is 24.3 Å². The van der Waals surface area contributed by atoms with E-state index in [0.717, 1.165) is 6.07 Å². The van der Waals surface area contributed by atoms with Crippen molar-refractivity contribution >= 4 is 0 Å². The molecule has 2 N–H and O–H groups in total. The molecule has 0 fully saturated rings. The quantitative estimate of drug-likeness (QED) is 0.897. The third-order valence-corrected chi connectivity index (χ3v) is 3.36. The van der Waals surface area contributed by atoms with Crippen LogP contribution < -0.4 is 10.5 Å². The maximum Gasteiger partial charge on any atom is 0.163 e. The van der Waals surface area contributed by atoms with Gasteiger partial charge in [0.15, 0.2) is 11.6 Å². The van der Waals surface area contributed by atoms with Crippen molar-refractivity contribution in [2.75, 3.05) is 6.61 Å². The third kappa shape index (κ3) is 3.79. The van der Waals surface area contributed by atoms with E-state index in [9.17, 15) is 8.78 Å². The Labute approximate surface area is 123 Å². The molecule has 2 aromatic carbocycles. The Morgan fingerprint density at radius 3 is 2.33 bits per heavy atom. The molecule has 1 unspecified atom stereocenters. The molecule has 4 heteroatoms. The molecule has 0 aliphatic rings. The number of nitrogens with two attached hydrogens (primary N) is 1. The number of benzene rings is 2. The average molecular weight is 291 g/mol. The topological polar surface area (TPSA) is 35.2 Å². The molecular formula is C17H19F2NO. The van der Waals surface area contributed by atoms with Gasteiger partial charge < -0.3 is 10.5 Å². The molecule has 0 saturated carbocycles. The van der Waals surface area contributed by atoms with E-state index in [1.165, 1.54) is 17.7 Å². The normalized spacial score (nSPS) is 12.5. The highest BCUT2D eigenvalue weighted by atomic mass is 19.2. The number of rotatable bonds is 5. The number of halogens is 2. The van der Waals surface area contributed by atoms with Gasteiger partial charge in [0.2, 0.25) is 0 Å². The molecule has 0 heterocycles. The fraction of sp³-hybridized carbons (Fsp3) is 0.294. The third-order valence-electron chi connectivity index (χ3n) is 3.36. The first-order valence-corrected chi connectivity index (χ1v) is 6.91. The lowest BCUT2D eigenvalue weighted by molar-refractivity contribution is 0.286. The van der Waals surface area contributed by atoms with Crippen LogP contribution in [0.4, 0.5) is 8.78 Å². The smallest absolute Gasteiger partial charge is 0.163 e. The van der Waals surface area contributed by atoms with Crippen molar-refractivity contribution in [1.29, 1.82) is 0 Å². The maximum absolute atomic E-state index is 13.6. The van der Waals surface area contributed by atoms with Crippen molar-refractivity contribution in [3.05, 3.63) is 65.2 Å². The molecule has 2 nitrogen and oxygen atoms in total. The molecule has 0 aliphatic heterocycles. The largest absolute Gasteiger partial charge is 0.492 e. The highest BCUT2D eigenvalue weighted by Gasteiger charge is 2.15. The summed E-state index contributed by atoms with van der Waals surface area (Å²) in [7, 11) is 0. The Bertz CT molecular complexity index is 596. The Hall–Kier alpha value is -1.94. The first kappa shape index (κ1) is 15.4. The van der Waals surface area contributed by atoms with Crippen molar-refractivity contribution in [1.82, 2.24) is 0 Å². The van der Waals surface area contributed by atoms with Crippen LogP contribution in [0.1, 0.15) is 36.9 Å². The molecule has 0 saturated heterocycles. The lowest BCUT2D eigenvalue weighted by Crippen LogP contribution is -2.20. The minimum absolute atomic E-state index is 0.0847. The standard InChI is InChI=1S/C17H19F2NO/c1-11(2)12-6-8-13(9-7-12)21-10-16(20)14-4-3-5-15(18)17(14)19/h3-9,11,16H,10,20H2,1-2H3. The van der Waals surface area contributed by atoms with Crippen molar-refractivity contribution in [2.45, 2.75) is 25.8 Å². The summed E-state index contributed by atoms with van der Waals surface area (Å²) in [5, 5.41) is 0. The number of hydrogen-bond donors (Lipinski definition) is 1. The first-order valence-electron chi connectivity index (χ1n) is 6.91. The summed E-state index contributed by atoms with van der Waals surface area (Å²) < 4.78 is 32.3. The summed E-state index contributed by atoms with van der Waals surface area (Å²) in [6.07, 6.45) is 0. The van der Waals surface area contributed by atoms with E-state index in [-0.39, 0.29) is 12.2 Å². The molecule has 1 atom stereocenters. The summed E-state index contributed by atoms with van der Waals surface area (Å²) in [5.74, 6) is -0.706. The zero-order chi connectivity index (χ0) is 15.4. The van der Waals surface area contributed by atoms with Crippen LogP contribution in [-0.4, -0.2) is 6.61 Å². The second-order valence-corrected chi connectivity index (χ2v) is 5.28. The summed E-state index contributed by atoms with van der Waals surface area (Å²) in [4.78, 5) is 0. The predicted molar refractivity (Wildman–Crippen MR) is 79.3 cm³/mol. The van der Waals surface area contributed by atoms with E-state index in [0.29, 0.717) is 11.7 Å². The molecule has 21 heavy (non-hydrogen) atoms. The monoisotopic (exact) mass is 291 g/mol. The van der Waals surface area contributed by atoms with Crippen LogP contribution in [0.2, 0.25) is 0 Å². The van der Waals surface area contributed by atoms with Crippen LogP contribution in [0.3, 0.4) is 0 Å². The average Bonchev–Trinajstić information content (AvgIpc) is 2.48. The molecule has 0 amide bonds. The Morgan fingerprint density at radius 2 is 1.71 bits per heavy atom. The van der Waals surface area contributed by atoms with E-state index < -0.39 is 17.7 Å². The molecule has 0 aromatic heterocycles. The van der Waals surface area contributed by atoms with E-state index >= 15 is 0 Å². The Kier molecular flexibility index (Phi) is 4.91. The lowest BCUT2D eigenvalue weighted by atomic mass is 10.0. The van der Waals surface area contributed by atoms with Crippen LogP contribution in [0.25, 0.3) is 0 Å². The fourth-order valence-electron chi connectivity index (χ4n) is 2.03. The van der Waals surface area contributed by atoms with Crippen LogP contribution in [0, 0.1) is 11.6 Å². The van der Waals surface area contributed by atoms with Gasteiger partial charge >= 0.3 is 0 Å². The highest BCUT2D eigenvalue weighted by molar-refractivity contribution is 5.29. The summed E-state index contributed by atoms with van der Waals surface area (Å²) in [6, 6.07) is 10.9. The second-order valence-electron chi connectivity index (χ2n) is 5.28. The van der Waals surface area contributed by atoms with Crippen LogP contribution in [0.15, 0.2) is 42.5 Å². The predicted octanol–water partition coefficient (Wildman–Crippen LogP) is 4.17. The second kappa shape index (κ2) is 6.68. The SMILES string of the molecule is CC(C)c1ccc(OCC(N)c2cccc(F)c2F)cc1. The van der Waals surface area contributed by atoms with Crippen LogP contribution in [0.5, 0.6) is 5.75 Å². The first-order chi connectivity index (χ1) is 9.99. The number of hydrogen-bond acceptors (Lipinski definition) is 2. The molecule has 0 aliphatic carbocycles. The fourth-order valence-corrected chi connectivity index (χ4v) is 2.03. The van der Waals surface area contributed by atoms with Crippen molar-refractivity contribution < 1.29 is 13.5 Å². The summed E-state index contributed by atoms with van der Waals surface area (Å²) in [5.41, 5.74) is 7.19. The van der Waals surface area contributed by atoms with Gasteiger partial charge in [0, 0.05) is 5.56 Å². The van der Waals surface area contributed by atoms with Crippen LogP contribution in [-0.2, 0) is 0 Å². The zero-order valence-corrected chi connectivity index (χ0v) is 12.1. The van der Waals surface area contributed by atoms with Gasteiger partial charge in [-0.15, -0.1) is 0 Å². The molecule has 0 spiro atoms. The van der Waals surface area contributed by atoms with Crippen molar-refractivity contribution in [2.24, 2.45) is 5.73 Å². The van der Waals surface area contributed by atoms with Gasteiger partial charge in [-0.05, 0) is 29.7 Å². The van der Waals surface area contributed by atoms with Gasteiger partial charge in [-0.3, -0.25) is 0 Å². The Morgan fingerprint density at radius 1 is 1.05 bits per heavy atom. The molecule has 2 rings (SSSR count). The van der Waals surface area contributed by atoms with E-state index in [1.54, 1.807) is 0 Å². The summed E-state index contributed by atoms with van der Waals surface area (Å²) >= 11 is 0. The molecule has 0 radical (unpaired) electrons.